The molecular weight excluding hydrogens is 214 g/mol. The fourth-order valence-corrected chi connectivity index (χ4v) is 2.03. The summed E-state index contributed by atoms with van der Waals surface area (Å²) in [6.07, 6.45) is 1.10. The Kier molecular flexibility index (Phi) is 3.64. The molecule has 0 aliphatic carbocycles. The van der Waals surface area contributed by atoms with Crippen LogP contribution in [0.25, 0.3) is 0 Å². The van der Waals surface area contributed by atoms with Gasteiger partial charge in [-0.25, -0.2) is 0 Å². The zero-order chi connectivity index (χ0) is 12.3. The molecule has 1 unspecified atom stereocenters. The molecule has 1 atom stereocenters. The molecule has 1 aliphatic rings. The van der Waals surface area contributed by atoms with Gasteiger partial charge in [-0.2, -0.15) is 0 Å². The topological polar surface area (TPSA) is 44.4 Å². The summed E-state index contributed by atoms with van der Waals surface area (Å²) in [7, 11) is 3.55. The minimum absolute atomic E-state index is 0.0408. The van der Waals surface area contributed by atoms with Crippen molar-refractivity contribution in [3.05, 3.63) is 29.8 Å². The van der Waals surface area contributed by atoms with Crippen molar-refractivity contribution >= 4 is 11.6 Å². The van der Waals surface area contributed by atoms with Crippen LogP contribution in [0, 0.1) is 0 Å². The standard InChI is InChI=1S/C13H19N3O/c1-16(2)13(17)11-5-3-4-6-12(11)15-10-7-8-14-9-10/h3-6,10,14-15H,7-9H2,1-2H3. The number of amides is 1. The summed E-state index contributed by atoms with van der Waals surface area (Å²) < 4.78 is 0. The molecule has 92 valence electrons. The third kappa shape index (κ3) is 2.77. The number of nitrogens with one attached hydrogen (secondary N) is 2. The largest absolute Gasteiger partial charge is 0.380 e. The first kappa shape index (κ1) is 11.9. The van der Waals surface area contributed by atoms with Crippen LogP contribution in [0.5, 0.6) is 0 Å². The second-order valence-electron chi connectivity index (χ2n) is 4.58. The molecule has 0 radical (unpaired) electrons. The summed E-state index contributed by atoms with van der Waals surface area (Å²) in [4.78, 5) is 13.6. The molecule has 0 bridgehead atoms. The number of anilines is 1. The van der Waals surface area contributed by atoms with Gasteiger partial charge in [-0.3, -0.25) is 4.79 Å². The summed E-state index contributed by atoms with van der Waals surface area (Å²) >= 11 is 0. The zero-order valence-corrected chi connectivity index (χ0v) is 10.4. The highest BCUT2D eigenvalue weighted by Gasteiger charge is 2.18. The van der Waals surface area contributed by atoms with Crippen molar-refractivity contribution in [1.82, 2.24) is 10.2 Å². The van der Waals surface area contributed by atoms with Crippen LogP contribution in [0.1, 0.15) is 16.8 Å². The van der Waals surface area contributed by atoms with E-state index in [1.807, 2.05) is 24.3 Å². The molecule has 1 amide bonds. The predicted molar refractivity (Wildman–Crippen MR) is 69.4 cm³/mol. The Hall–Kier alpha value is -1.55. The van der Waals surface area contributed by atoms with Crippen LogP contribution in [0.4, 0.5) is 5.69 Å². The summed E-state index contributed by atoms with van der Waals surface area (Å²) in [5.74, 6) is 0.0408. The SMILES string of the molecule is CN(C)C(=O)c1ccccc1NC1CCNC1. The molecule has 1 aromatic carbocycles. The fourth-order valence-electron chi connectivity index (χ4n) is 2.03. The number of para-hydroxylation sites is 1. The van der Waals surface area contributed by atoms with Gasteiger partial charge >= 0.3 is 0 Å². The Morgan fingerprint density at radius 3 is 2.82 bits per heavy atom. The zero-order valence-electron chi connectivity index (χ0n) is 10.4. The average Bonchev–Trinajstić information content (AvgIpc) is 2.81. The van der Waals surface area contributed by atoms with Crippen LogP contribution in [0.2, 0.25) is 0 Å². The van der Waals surface area contributed by atoms with Crippen molar-refractivity contribution in [2.75, 3.05) is 32.5 Å². The van der Waals surface area contributed by atoms with E-state index in [2.05, 4.69) is 10.6 Å². The molecule has 17 heavy (non-hydrogen) atoms. The second-order valence-corrected chi connectivity index (χ2v) is 4.58. The third-order valence-corrected chi connectivity index (χ3v) is 2.98. The van der Waals surface area contributed by atoms with Gasteiger partial charge in [-0.1, -0.05) is 12.1 Å². The van der Waals surface area contributed by atoms with Crippen LogP contribution in [-0.2, 0) is 0 Å². The van der Waals surface area contributed by atoms with Crippen molar-refractivity contribution in [3.8, 4) is 0 Å². The van der Waals surface area contributed by atoms with E-state index in [9.17, 15) is 4.79 Å². The van der Waals surface area contributed by atoms with Crippen LogP contribution >= 0.6 is 0 Å². The van der Waals surface area contributed by atoms with Gasteiger partial charge in [-0.15, -0.1) is 0 Å². The molecule has 4 nitrogen and oxygen atoms in total. The highest BCUT2D eigenvalue weighted by molar-refractivity contribution is 5.99. The maximum absolute atomic E-state index is 12.0. The molecule has 0 aromatic heterocycles. The first-order valence-corrected chi connectivity index (χ1v) is 5.96. The van der Waals surface area contributed by atoms with Crippen molar-refractivity contribution in [3.63, 3.8) is 0 Å². The lowest BCUT2D eigenvalue weighted by Crippen LogP contribution is -2.26. The van der Waals surface area contributed by atoms with Gasteiger partial charge in [0.05, 0.1) is 5.56 Å². The van der Waals surface area contributed by atoms with Gasteiger partial charge in [0.15, 0.2) is 0 Å². The molecular formula is C13H19N3O. The molecule has 1 aromatic rings. The lowest BCUT2D eigenvalue weighted by Gasteiger charge is -2.18. The van der Waals surface area contributed by atoms with E-state index in [0.29, 0.717) is 6.04 Å². The molecule has 1 aliphatic heterocycles. The first-order chi connectivity index (χ1) is 8.18. The van der Waals surface area contributed by atoms with E-state index >= 15 is 0 Å². The minimum atomic E-state index is 0.0408. The number of nitrogens with zero attached hydrogens (tertiary/aromatic N) is 1. The summed E-state index contributed by atoms with van der Waals surface area (Å²) in [5.41, 5.74) is 1.67. The van der Waals surface area contributed by atoms with Crippen molar-refractivity contribution in [2.45, 2.75) is 12.5 Å². The predicted octanol–water partition coefficient (Wildman–Crippen LogP) is 1.16. The molecule has 0 spiro atoms. The maximum Gasteiger partial charge on any atom is 0.255 e. The second kappa shape index (κ2) is 5.19. The lowest BCUT2D eigenvalue weighted by atomic mass is 10.1. The van der Waals surface area contributed by atoms with Crippen molar-refractivity contribution in [1.29, 1.82) is 0 Å². The van der Waals surface area contributed by atoms with E-state index in [1.165, 1.54) is 0 Å². The lowest BCUT2D eigenvalue weighted by molar-refractivity contribution is 0.0828. The van der Waals surface area contributed by atoms with Crippen LogP contribution in [-0.4, -0.2) is 44.0 Å². The number of rotatable bonds is 3. The molecule has 0 saturated carbocycles. The van der Waals surface area contributed by atoms with E-state index in [1.54, 1.807) is 19.0 Å². The van der Waals surface area contributed by atoms with Crippen LogP contribution < -0.4 is 10.6 Å². The fraction of sp³-hybridized carbons (Fsp3) is 0.462. The quantitative estimate of drug-likeness (QED) is 0.823. The first-order valence-electron chi connectivity index (χ1n) is 5.96. The molecule has 1 fully saturated rings. The highest BCUT2D eigenvalue weighted by Crippen LogP contribution is 2.18. The minimum Gasteiger partial charge on any atom is -0.380 e. The van der Waals surface area contributed by atoms with E-state index in [-0.39, 0.29) is 5.91 Å². The number of hydrogen-bond donors (Lipinski definition) is 2. The van der Waals surface area contributed by atoms with Gasteiger partial charge < -0.3 is 15.5 Å². The number of hydrogen-bond acceptors (Lipinski definition) is 3. The Labute approximate surface area is 102 Å². The molecule has 4 heteroatoms. The maximum atomic E-state index is 12.0. The van der Waals surface area contributed by atoms with Gasteiger partial charge in [0.25, 0.3) is 5.91 Å². The van der Waals surface area contributed by atoms with Crippen LogP contribution in [0.15, 0.2) is 24.3 Å². The van der Waals surface area contributed by atoms with E-state index in [4.69, 9.17) is 0 Å². The molecule has 2 rings (SSSR count). The summed E-state index contributed by atoms with van der Waals surface area (Å²) in [5, 5.41) is 6.74. The summed E-state index contributed by atoms with van der Waals surface area (Å²) in [6.45, 7) is 2.01. The number of benzene rings is 1. The average molecular weight is 233 g/mol. The molecule has 1 heterocycles. The Morgan fingerprint density at radius 1 is 1.41 bits per heavy atom. The molecule has 2 N–H and O–H groups in total. The normalized spacial score (nSPS) is 19.1. The van der Waals surface area contributed by atoms with Gasteiger partial charge in [0, 0.05) is 32.4 Å². The van der Waals surface area contributed by atoms with E-state index < -0.39 is 0 Å². The Balaban J connectivity index is 2.17. The summed E-state index contributed by atoms with van der Waals surface area (Å²) in [6, 6.07) is 8.11. The highest BCUT2D eigenvalue weighted by atomic mass is 16.2. The monoisotopic (exact) mass is 233 g/mol. The smallest absolute Gasteiger partial charge is 0.255 e. The molecule has 1 saturated heterocycles. The Bertz CT molecular complexity index is 397. The van der Waals surface area contributed by atoms with E-state index in [0.717, 1.165) is 30.8 Å². The van der Waals surface area contributed by atoms with Crippen molar-refractivity contribution in [2.24, 2.45) is 0 Å². The van der Waals surface area contributed by atoms with Crippen molar-refractivity contribution < 1.29 is 4.79 Å². The van der Waals surface area contributed by atoms with Crippen LogP contribution in [0.3, 0.4) is 0 Å². The van der Waals surface area contributed by atoms with Gasteiger partial charge in [0.2, 0.25) is 0 Å². The number of carbonyl (C=O) groups excluding carboxylic acids is 1. The third-order valence-electron chi connectivity index (χ3n) is 2.98. The van der Waals surface area contributed by atoms with Gasteiger partial charge in [0.1, 0.15) is 0 Å². The van der Waals surface area contributed by atoms with Gasteiger partial charge in [-0.05, 0) is 25.1 Å². The Morgan fingerprint density at radius 2 is 2.18 bits per heavy atom. The number of carbonyl (C=O) groups is 1.